The summed E-state index contributed by atoms with van der Waals surface area (Å²) in [6, 6.07) is 5.17. The van der Waals surface area contributed by atoms with Crippen LogP contribution in [0.2, 0.25) is 0 Å². The van der Waals surface area contributed by atoms with Crippen LogP contribution in [0.1, 0.15) is 17.8 Å². The van der Waals surface area contributed by atoms with Crippen molar-refractivity contribution in [1.29, 1.82) is 0 Å². The predicted molar refractivity (Wildman–Crippen MR) is 77.9 cm³/mol. The zero-order valence-corrected chi connectivity index (χ0v) is 12.9. The number of ether oxygens (including phenoxy) is 2. The molecule has 1 aromatic heterocycles. The topological polar surface area (TPSA) is 89.1 Å². The average Bonchev–Trinajstić information content (AvgIpc) is 3.01. The molecule has 0 fully saturated rings. The number of nitrogens with one attached hydrogen (secondary N) is 2. The van der Waals surface area contributed by atoms with Gasteiger partial charge in [-0.2, -0.15) is 18.2 Å². The molecule has 2 rings (SSSR count). The molecule has 2 N–H and O–H groups in total. The second-order valence-corrected chi connectivity index (χ2v) is 4.77. The van der Waals surface area contributed by atoms with Crippen molar-refractivity contribution in [3.63, 3.8) is 0 Å². The van der Waals surface area contributed by atoms with Crippen molar-refractivity contribution < 1.29 is 27.4 Å². The predicted octanol–water partition coefficient (Wildman–Crippen LogP) is 2.41. The van der Waals surface area contributed by atoms with E-state index in [9.17, 15) is 18.0 Å². The molecule has 2 aromatic rings. The lowest BCUT2D eigenvalue weighted by Gasteiger charge is -2.08. The highest BCUT2D eigenvalue weighted by atomic mass is 19.4. The number of anilines is 1. The number of halogens is 3. The quantitative estimate of drug-likeness (QED) is 0.840. The largest absolute Gasteiger partial charge is 0.497 e. The fourth-order valence-corrected chi connectivity index (χ4v) is 1.90. The molecule has 0 atom stereocenters. The van der Waals surface area contributed by atoms with Crippen molar-refractivity contribution in [3.8, 4) is 11.5 Å². The number of hydrogen-bond acceptors (Lipinski definition) is 5. The van der Waals surface area contributed by atoms with Gasteiger partial charge in [-0.3, -0.25) is 15.2 Å². The summed E-state index contributed by atoms with van der Waals surface area (Å²) in [4.78, 5) is 15.0. The number of alkyl halides is 3. The minimum atomic E-state index is -4.65. The summed E-state index contributed by atoms with van der Waals surface area (Å²) in [5.74, 6) is -1.04. The molecule has 0 unspecified atom stereocenters. The van der Waals surface area contributed by atoms with Gasteiger partial charge in [-0.25, -0.2) is 0 Å². The third-order valence-corrected chi connectivity index (χ3v) is 3.06. The maximum Gasteiger partial charge on any atom is 0.451 e. The molecule has 0 bridgehead atoms. The zero-order chi connectivity index (χ0) is 17.7. The van der Waals surface area contributed by atoms with Gasteiger partial charge in [0.25, 0.3) is 0 Å². The molecule has 1 heterocycles. The lowest BCUT2D eigenvalue weighted by molar-refractivity contribution is -0.144. The number of rotatable bonds is 6. The monoisotopic (exact) mass is 344 g/mol. The molecule has 130 valence electrons. The normalized spacial score (nSPS) is 11.2. The summed E-state index contributed by atoms with van der Waals surface area (Å²) >= 11 is 0. The van der Waals surface area contributed by atoms with Crippen LogP contribution in [-0.4, -0.2) is 35.3 Å². The Labute approximate surface area is 135 Å². The summed E-state index contributed by atoms with van der Waals surface area (Å²) in [5, 5.41) is 7.23. The Bertz CT molecular complexity index is 693. The van der Waals surface area contributed by atoms with Crippen LogP contribution in [0.4, 0.5) is 19.1 Å². The molecular formula is C14H15F3N4O3. The van der Waals surface area contributed by atoms with Crippen molar-refractivity contribution in [2.45, 2.75) is 19.0 Å². The fourth-order valence-electron chi connectivity index (χ4n) is 1.90. The van der Waals surface area contributed by atoms with Crippen molar-refractivity contribution in [2.24, 2.45) is 0 Å². The Morgan fingerprint density at radius 1 is 1.21 bits per heavy atom. The number of hydrogen-bond donors (Lipinski definition) is 2. The van der Waals surface area contributed by atoms with E-state index in [0.717, 1.165) is 5.56 Å². The van der Waals surface area contributed by atoms with E-state index in [4.69, 9.17) is 9.47 Å². The first-order chi connectivity index (χ1) is 11.3. The highest BCUT2D eigenvalue weighted by Crippen LogP contribution is 2.26. The van der Waals surface area contributed by atoms with Crippen LogP contribution < -0.4 is 14.8 Å². The molecule has 7 nitrogen and oxygen atoms in total. The van der Waals surface area contributed by atoms with Crippen LogP contribution in [0.5, 0.6) is 11.5 Å². The van der Waals surface area contributed by atoms with Crippen LogP contribution in [0.15, 0.2) is 18.2 Å². The summed E-state index contributed by atoms with van der Waals surface area (Å²) in [6.45, 7) is 0. The Balaban J connectivity index is 1.95. The molecule has 10 heteroatoms. The summed E-state index contributed by atoms with van der Waals surface area (Å²) in [5.41, 5.74) is 0.785. The lowest BCUT2D eigenvalue weighted by atomic mass is 10.1. The van der Waals surface area contributed by atoms with Crippen LogP contribution in [-0.2, 0) is 17.4 Å². The molecule has 0 radical (unpaired) electrons. The van der Waals surface area contributed by atoms with Gasteiger partial charge >= 0.3 is 6.18 Å². The van der Waals surface area contributed by atoms with Gasteiger partial charge in [-0.15, -0.1) is 5.10 Å². The van der Waals surface area contributed by atoms with Crippen LogP contribution in [0.3, 0.4) is 0 Å². The molecule has 24 heavy (non-hydrogen) atoms. The molecule has 0 saturated heterocycles. The summed E-state index contributed by atoms with van der Waals surface area (Å²) < 4.78 is 47.4. The van der Waals surface area contributed by atoms with Crippen molar-refractivity contribution in [2.75, 3.05) is 19.5 Å². The third kappa shape index (κ3) is 4.61. The minimum Gasteiger partial charge on any atom is -0.497 e. The maximum atomic E-state index is 12.4. The first-order valence-corrected chi connectivity index (χ1v) is 6.83. The average molecular weight is 344 g/mol. The van der Waals surface area contributed by atoms with E-state index in [2.05, 4.69) is 15.4 Å². The highest BCUT2D eigenvalue weighted by Gasteiger charge is 2.35. The Hall–Kier alpha value is -2.78. The number of benzene rings is 1. The molecule has 1 aromatic carbocycles. The number of aromatic amines is 1. The number of nitrogens with zero attached hydrogens (tertiary/aromatic N) is 2. The Morgan fingerprint density at radius 2 is 1.83 bits per heavy atom. The van der Waals surface area contributed by atoms with Crippen LogP contribution in [0.25, 0.3) is 0 Å². The van der Waals surface area contributed by atoms with E-state index in [1.807, 2.05) is 0 Å². The van der Waals surface area contributed by atoms with Crippen LogP contribution in [0, 0.1) is 0 Å². The third-order valence-electron chi connectivity index (χ3n) is 3.06. The zero-order valence-electron chi connectivity index (χ0n) is 12.9. The molecule has 0 aliphatic heterocycles. The molecule has 0 spiro atoms. The minimum absolute atomic E-state index is 0.0339. The van der Waals surface area contributed by atoms with Gasteiger partial charge in [-0.1, -0.05) is 0 Å². The molecule has 0 saturated carbocycles. The second-order valence-electron chi connectivity index (χ2n) is 4.77. The second kappa shape index (κ2) is 7.20. The van der Waals surface area contributed by atoms with E-state index >= 15 is 0 Å². The van der Waals surface area contributed by atoms with E-state index in [1.165, 1.54) is 14.2 Å². The SMILES string of the molecule is COc1cc(CCC(=O)Nc2n[nH]c(C(F)(F)F)n2)cc(OC)c1. The van der Waals surface area contributed by atoms with Crippen molar-refractivity contribution in [1.82, 2.24) is 15.2 Å². The first kappa shape index (κ1) is 17.6. The van der Waals surface area contributed by atoms with Crippen molar-refractivity contribution in [3.05, 3.63) is 29.6 Å². The molecular weight excluding hydrogens is 329 g/mol. The van der Waals surface area contributed by atoms with Gasteiger partial charge in [0.05, 0.1) is 14.2 Å². The number of carbonyl (C=O) groups is 1. The van der Waals surface area contributed by atoms with E-state index in [0.29, 0.717) is 17.9 Å². The van der Waals surface area contributed by atoms with Gasteiger partial charge < -0.3 is 9.47 Å². The number of carbonyl (C=O) groups excluding carboxylic acids is 1. The first-order valence-electron chi connectivity index (χ1n) is 6.83. The van der Waals surface area contributed by atoms with Gasteiger partial charge in [0, 0.05) is 12.5 Å². The van der Waals surface area contributed by atoms with Gasteiger partial charge in [-0.05, 0) is 24.1 Å². The lowest BCUT2D eigenvalue weighted by Crippen LogP contribution is -2.14. The standard InChI is InChI=1S/C14H15F3N4O3/c1-23-9-5-8(6-10(7-9)24-2)3-4-11(22)18-13-19-12(20-21-13)14(15,16)17/h5-7H,3-4H2,1-2H3,(H2,18,19,20,21,22). The Morgan fingerprint density at radius 3 is 2.33 bits per heavy atom. The summed E-state index contributed by atoms with van der Waals surface area (Å²) in [7, 11) is 3.01. The summed E-state index contributed by atoms with van der Waals surface area (Å²) in [6.07, 6.45) is -4.27. The maximum absolute atomic E-state index is 12.4. The van der Waals surface area contributed by atoms with E-state index in [1.54, 1.807) is 23.3 Å². The smallest absolute Gasteiger partial charge is 0.451 e. The van der Waals surface area contributed by atoms with Crippen LogP contribution >= 0.6 is 0 Å². The Kier molecular flexibility index (Phi) is 5.27. The molecule has 0 aliphatic carbocycles. The number of aromatic nitrogens is 3. The number of aryl methyl sites for hydroxylation is 1. The highest BCUT2D eigenvalue weighted by molar-refractivity contribution is 5.89. The van der Waals surface area contributed by atoms with Gasteiger partial charge in [0.2, 0.25) is 17.7 Å². The molecule has 1 amide bonds. The van der Waals surface area contributed by atoms with Crippen molar-refractivity contribution >= 4 is 11.9 Å². The van der Waals surface area contributed by atoms with E-state index < -0.39 is 23.9 Å². The number of methoxy groups -OCH3 is 2. The number of amides is 1. The number of H-pyrrole nitrogens is 1. The molecule has 0 aliphatic rings. The van der Waals surface area contributed by atoms with Gasteiger partial charge in [0.1, 0.15) is 11.5 Å². The fraction of sp³-hybridized carbons (Fsp3) is 0.357. The van der Waals surface area contributed by atoms with Gasteiger partial charge in [0.15, 0.2) is 0 Å². The van der Waals surface area contributed by atoms with E-state index in [-0.39, 0.29) is 6.42 Å².